The van der Waals surface area contributed by atoms with Crippen LogP contribution in [0.3, 0.4) is 0 Å². The summed E-state index contributed by atoms with van der Waals surface area (Å²) in [7, 11) is 0. The highest BCUT2D eigenvalue weighted by atomic mass is 15.3. The molecule has 2 N–H and O–H groups in total. The molecule has 1 fully saturated rings. The second-order valence-corrected chi connectivity index (χ2v) is 6.72. The number of nitrogens with two attached hydrogens (primary N) is 1. The predicted molar refractivity (Wildman–Crippen MR) is 95.8 cm³/mol. The third kappa shape index (κ3) is 2.99. The molecule has 0 unspecified atom stereocenters. The van der Waals surface area contributed by atoms with Crippen LogP contribution in [0.2, 0.25) is 0 Å². The minimum Gasteiger partial charge on any atom is -0.384 e. The van der Waals surface area contributed by atoms with Crippen molar-refractivity contribution in [3.8, 4) is 0 Å². The first-order valence-corrected chi connectivity index (χ1v) is 8.58. The highest BCUT2D eigenvalue weighted by Crippen LogP contribution is 2.28. The Balaban J connectivity index is 1.55. The summed E-state index contributed by atoms with van der Waals surface area (Å²) in [5, 5.41) is 4.39. The van der Waals surface area contributed by atoms with Crippen molar-refractivity contribution in [3.05, 3.63) is 59.4 Å². The molecule has 0 saturated carbocycles. The molecule has 3 heterocycles. The molecule has 2 aromatic heterocycles. The molecule has 124 valence electrons. The average Bonchev–Trinajstić information content (AvgIpc) is 2.97. The van der Waals surface area contributed by atoms with E-state index in [0.717, 1.165) is 36.7 Å². The van der Waals surface area contributed by atoms with Crippen molar-refractivity contribution in [1.29, 1.82) is 0 Å². The Morgan fingerprint density at radius 1 is 1.21 bits per heavy atom. The molecule has 24 heavy (non-hydrogen) atoms. The van der Waals surface area contributed by atoms with Crippen LogP contribution in [0.5, 0.6) is 0 Å². The van der Waals surface area contributed by atoms with Gasteiger partial charge in [-0.05, 0) is 31.9 Å². The Hall–Kier alpha value is -2.40. The summed E-state index contributed by atoms with van der Waals surface area (Å²) in [5.74, 6) is 1.10. The quantitative estimate of drug-likeness (QED) is 0.805. The van der Waals surface area contributed by atoms with Gasteiger partial charge in [-0.3, -0.25) is 4.90 Å². The fourth-order valence-electron chi connectivity index (χ4n) is 3.62. The molecular weight excluding hydrogens is 298 g/mol. The number of nitrogen functional groups attached to an aromatic ring is 1. The number of hydrogen-bond acceptors (Lipinski definition) is 4. The van der Waals surface area contributed by atoms with E-state index in [4.69, 9.17) is 10.7 Å². The number of piperidine rings is 1. The van der Waals surface area contributed by atoms with Gasteiger partial charge in [0.05, 0.1) is 11.4 Å². The van der Waals surface area contributed by atoms with Crippen LogP contribution >= 0.6 is 0 Å². The van der Waals surface area contributed by atoms with E-state index in [1.165, 1.54) is 18.4 Å². The van der Waals surface area contributed by atoms with Crippen LogP contribution in [0.15, 0.2) is 42.5 Å². The van der Waals surface area contributed by atoms with Crippen LogP contribution in [0.25, 0.3) is 5.65 Å². The fraction of sp³-hybridized carbons (Fsp3) is 0.368. The van der Waals surface area contributed by atoms with E-state index in [1.807, 2.05) is 19.1 Å². The van der Waals surface area contributed by atoms with Gasteiger partial charge in [0, 0.05) is 31.1 Å². The molecule has 5 heteroatoms. The number of anilines is 1. The highest BCUT2D eigenvalue weighted by molar-refractivity contribution is 5.48. The molecular formula is C19H23N5. The molecule has 5 nitrogen and oxygen atoms in total. The largest absolute Gasteiger partial charge is 0.384 e. The molecule has 0 aliphatic carbocycles. The van der Waals surface area contributed by atoms with Crippen LogP contribution in [0, 0.1) is 6.92 Å². The van der Waals surface area contributed by atoms with E-state index in [-0.39, 0.29) is 0 Å². The SMILES string of the molecule is Cc1cc2nc([C@H]3CCCN(Cc4ccccc4)C3)cc(N)n2n1. The van der Waals surface area contributed by atoms with Crippen LogP contribution in [0.4, 0.5) is 5.82 Å². The summed E-state index contributed by atoms with van der Waals surface area (Å²) in [6.07, 6.45) is 2.36. The van der Waals surface area contributed by atoms with Crippen molar-refractivity contribution < 1.29 is 0 Å². The standard InChI is InChI=1S/C19H23N5/c1-14-10-19-21-17(11-18(20)24(19)22-14)16-8-5-9-23(13-16)12-15-6-3-2-4-7-15/h2-4,6-7,10-11,16H,5,8-9,12-13,20H2,1H3/t16-/m0/s1. The number of nitrogens with zero attached hydrogens (tertiary/aromatic N) is 4. The minimum atomic E-state index is 0.435. The lowest BCUT2D eigenvalue weighted by atomic mass is 9.94. The third-order valence-corrected chi connectivity index (χ3v) is 4.77. The summed E-state index contributed by atoms with van der Waals surface area (Å²) in [4.78, 5) is 7.34. The molecule has 1 aliphatic rings. The van der Waals surface area contributed by atoms with E-state index < -0.39 is 0 Å². The molecule has 1 aliphatic heterocycles. The van der Waals surface area contributed by atoms with Crippen molar-refractivity contribution in [2.75, 3.05) is 18.8 Å². The van der Waals surface area contributed by atoms with Gasteiger partial charge in [-0.1, -0.05) is 30.3 Å². The first-order valence-electron chi connectivity index (χ1n) is 8.58. The Labute approximate surface area is 142 Å². The smallest absolute Gasteiger partial charge is 0.157 e. The molecule has 3 aromatic rings. The number of aromatic nitrogens is 3. The minimum absolute atomic E-state index is 0.435. The number of benzene rings is 1. The van der Waals surface area contributed by atoms with Gasteiger partial charge < -0.3 is 5.73 Å². The summed E-state index contributed by atoms with van der Waals surface area (Å²) in [6.45, 7) is 5.15. The van der Waals surface area contributed by atoms with Crippen LogP contribution in [-0.4, -0.2) is 32.6 Å². The van der Waals surface area contributed by atoms with Gasteiger partial charge in [0.15, 0.2) is 5.65 Å². The fourth-order valence-corrected chi connectivity index (χ4v) is 3.62. The summed E-state index contributed by atoms with van der Waals surface area (Å²) < 4.78 is 1.73. The second-order valence-electron chi connectivity index (χ2n) is 6.72. The highest BCUT2D eigenvalue weighted by Gasteiger charge is 2.23. The number of fused-ring (bicyclic) bond motifs is 1. The maximum Gasteiger partial charge on any atom is 0.157 e. The first kappa shape index (κ1) is 15.1. The Morgan fingerprint density at radius 2 is 2.04 bits per heavy atom. The number of hydrogen-bond donors (Lipinski definition) is 1. The monoisotopic (exact) mass is 321 g/mol. The van der Waals surface area contributed by atoms with Crippen molar-refractivity contribution in [1.82, 2.24) is 19.5 Å². The lowest BCUT2D eigenvalue weighted by Gasteiger charge is -2.32. The van der Waals surface area contributed by atoms with Crippen molar-refractivity contribution in [3.63, 3.8) is 0 Å². The van der Waals surface area contributed by atoms with E-state index in [2.05, 4.69) is 40.3 Å². The first-order chi connectivity index (χ1) is 11.7. The molecule has 0 spiro atoms. The van der Waals surface area contributed by atoms with E-state index in [1.54, 1.807) is 4.52 Å². The van der Waals surface area contributed by atoms with Gasteiger partial charge in [0.25, 0.3) is 0 Å². The predicted octanol–water partition coefficient (Wildman–Crippen LogP) is 3.00. The molecule has 4 rings (SSSR count). The molecule has 0 amide bonds. The maximum absolute atomic E-state index is 6.18. The topological polar surface area (TPSA) is 59.5 Å². The van der Waals surface area contributed by atoms with Gasteiger partial charge in [0.1, 0.15) is 5.82 Å². The normalized spacial score (nSPS) is 19.0. The molecule has 1 atom stereocenters. The number of likely N-dealkylation sites (tertiary alicyclic amines) is 1. The summed E-state index contributed by atoms with van der Waals surface area (Å²) in [6, 6.07) is 14.7. The summed E-state index contributed by atoms with van der Waals surface area (Å²) >= 11 is 0. The maximum atomic E-state index is 6.18. The number of rotatable bonds is 3. The van der Waals surface area contributed by atoms with Gasteiger partial charge in [-0.15, -0.1) is 0 Å². The third-order valence-electron chi connectivity index (χ3n) is 4.77. The van der Waals surface area contributed by atoms with Crippen LogP contribution in [-0.2, 0) is 6.54 Å². The average molecular weight is 321 g/mol. The van der Waals surface area contributed by atoms with E-state index in [0.29, 0.717) is 11.7 Å². The van der Waals surface area contributed by atoms with Crippen molar-refractivity contribution in [2.24, 2.45) is 0 Å². The van der Waals surface area contributed by atoms with Crippen LogP contribution < -0.4 is 5.73 Å². The molecule has 1 aromatic carbocycles. The second kappa shape index (κ2) is 6.24. The van der Waals surface area contributed by atoms with Crippen molar-refractivity contribution in [2.45, 2.75) is 32.2 Å². The lowest BCUT2D eigenvalue weighted by molar-refractivity contribution is 0.198. The van der Waals surface area contributed by atoms with Gasteiger partial charge in [0.2, 0.25) is 0 Å². The van der Waals surface area contributed by atoms with E-state index in [9.17, 15) is 0 Å². The number of aryl methyl sites for hydroxylation is 1. The van der Waals surface area contributed by atoms with Crippen LogP contribution in [0.1, 0.15) is 35.7 Å². The van der Waals surface area contributed by atoms with Gasteiger partial charge >= 0.3 is 0 Å². The van der Waals surface area contributed by atoms with E-state index >= 15 is 0 Å². The van der Waals surface area contributed by atoms with Crippen molar-refractivity contribution >= 4 is 11.5 Å². The Kier molecular flexibility index (Phi) is 3.94. The Morgan fingerprint density at radius 3 is 2.88 bits per heavy atom. The zero-order valence-corrected chi connectivity index (χ0v) is 14.0. The van der Waals surface area contributed by atoms with Gasteiger partial charge in [-0.25, -0.2) is 4.98 Å². The molecule has 1 saturated heterocycles. The zero-order chi connectivity index (χ0) is 16.5. The summed E-state index contributed by atoms with van der Waals surface area (Å²) in [5.41, 5.74) is 10.4. The zero-order valence-electron chi connectivity index (χ0n) is 14.0. The lowest BCUT2D eigenvalue weighted by Crippen LogP contribution is -2.34. The molecule has 0 radical (unpaired) electrons. The molecule has 0 bridgehead atoms. The Bertz CT molecular complexity index is 840. The van der Waals surface area contributed by atoms with Gasteiger partial charge in [-0.2, -0.15) is 9.61 Å².